The van der Waals surface area contributed by atoms with Gasteiger partial charge in [0.2, 0.25) is 0 Å². The first-order chi connectivity index (χ1) is 8.08. The molecule has 0 saturated carbocycles. The molecule has 0 spiro atoms. The van der Waals surface area contributed by atoms with Crippen molar-refractivity contribution in [3.05, 3.63) is 59.7 Å². The number of hydrogen-bond acceptors (Lipinski definition) is 1. The quantitative estimate of drug-likeness (QED) is 0.841. The Morgan fingerprint density at radius 1 is 1.00 bits per heavy atom. The minimum absolute atomic E-state index is 0.158. The minimum atomic E-state index is -0.336. The average molecular weight is 233 g/mol. The summed E-state index contributed by atoms with van der Waals surface area (Å²) in [5.74, 6) is -0.668. The van der Waals surface area contributed by atoms with Crippen molar-refractivity contribution in [2.24, 2.45) is 5.73 Å². The van der Waals surface area contributed by atoms with E-state index in [1.807, 2.05) is 6.92 Å². The second kappa shape index (κ2) is 4.63. The summed E-state index contributed by atoms with van der Waals surface area (Å²) in [5.41, 5.74) is 7.69. The van der Waals surface area contributed by atoms with Gasteiger partial charge in [0.05, 0.1) is 0 Å². The van der Waals surface area contributed by atoms with Crippen LogP contribution in [0.5, 0.6) is 0 Å². The van der Waals surface area contributed by atoms with Gasteiger partial charge in [-0.3, -0.25) is 0 Å². The largest absolute Gasteiger partial charge is 0.324 e. The van der Waals surface area contributed by atoms with Crippen molar-refractivity contribution in [2.75, 3.05) is 0 Å². The van der Waals surface area contributed by atoms with Crippen LogP contribution in [0.15, 0.2) is 42.5 Å². The molecule has 0 aliphatic heterocycles. The second-order valence-corrected chi connectivity index (χ2v) is 4.03. The normalized spacial score (nSPS) is 12.5. The number of nitrogens with two attached hydrogens (primary N) is 1. The van der Waals surface area contributed by atoms with E-state index >= 15 is 0 Å². The van der Waals surface area contributed by atoms with E-state index < -0.39 is 0 Å². The highest BCUT2D eigenvalue weighted by Crippen LogP contribution is 2.25. The second-order valence-electron chi connectivity index (χ2n) is 4.03. The van der Waals surface area contributed by atoms with Crippen LogP contribution >= 0.6 is 0 Å². The molecule has 0 radical (unpaired) electrons. The molecule has 2 aromatic carbocycles. The van der Waals surface area contributed by atoms with Crippen molar-refractivity contribution in [3.63, 3.8) is 0 Å². The molecule has 2 N–H and O–H groups in total. The van der Waals surface area contributed by atoms with E-state index in [4.69, 9.17) is 5.73 Å². The molecule has 1 unspecified atom stereocenters. The molecule has 3 heteroatoms. The van der Waals surface area contributed by atoms with E-state index in [9.17, 15) is 8.78 Å². The molecule has 88 valence electrons. The van der Waals surface area contributed by atoms with Crippen LogP contribution in [0.3, 0.4) is 0 Å². The average Bonchev–Trinajstić information content (AvgIpc) is 2.31. The summed E-state index contributed by atoms with van der Waals surface area (Å²) in [5, 5.41) is 0. The molecule has 1 atom stereocenters. The van der Waals surface area contributed by atoms with Crippen LogP contribution in [-0.2, 0) is 0 Å². The summed E-state index contributed by atoms with van der Waals surface area (Å²) in [6.45, 7) is 1.83. The molecule has 0 aromatic heterocycles. The third kappa shape index (κ3) is 2.50. The summed E-state index contributed by atoms with van der Waals surface area (Å²) in [4.78, 5) is 0. The van der Waals surface area contributed by atoms with Crippen molar-refractivity contribution in [2.45, 2.75) is 13.0 Å². The number of hydrogen-bond donors (Lipinski definition) is 1. The van der Waals surface area contributed by atoms with Crippen molar-refractivity contribution in [1.29, 1.82) is 0 Å². The maximum atomic E-state index is 13.7. The van der Waals surface area contributed by atoms with Crippen LogP contribution in [0.25, 0.3) is 11.1 Å². The van der Waals surface area contributed by atoms with E-state index in [2.05, 4.69) is 0 Å². The lowest BCUT2D eigenvalue weighted by atomic mass is 10.00. The Hall–Kier alpha value is -1.74. The first-order valence-corrected chi connectivity index (χ1v) is 5.39. The van der Waals surface area contributed by atoms with E-state index in [0.29, 0.717) is 11.1 Å². The van der Waals surface area contributed by atoms with Gasteiger partial charge in [0.25, 0.3) is 0 Å². The zero-order valence-corrected chi connectivity index (χ0v) is 9.45. The molecule has 2 rings (SSSR count). The van der Waals surface area contributed by atoms with Gasteiger partial charge in [-0.05, 0) is 42.3 Å². The van der Waals surface area contributed by atoms with Gasteiger partial charge >= 0.3 is 0 Å². The molecular weight excluding hydrogens is 220 g/mol. The van der Waals surface area contributed by atoms with Gasteiger partial charge < -0.3 is 5.73 Å². The monoisotopic (exact) mass is 233 g/mol. The zero-order valence-electron chi connectivity index (χ0n) is 9.45. The van der Waals surface area contributed by atoms with Gasteiger partial charge in [-0.25, -0.2) is 8.78 Å². The fourth-order valence-electron chi connectivity index (χ4n) is 1.68. The van der Waals surface area contributed by atoms with Gasteiger partial charge in [0, 0.05) is 11.6 Å². The summed E-state index contributed by atoms with van der Waals surface area (Å²) < 4.78 is 26.5. The fourth-order valence-corrected chi connectivity index (χ4v) is 1.68. The van der Waals surface area contributed by atoms with Gasteiger partial charge in [0.1, 0.15) is 11.6 Å². The molecular formula is C14H13F2N. The molecule has 0 amide bonds. The Bertz CT molecular complexity index is 518. The molecule has 0 heterocycles. The maximum Gasteiger partial charge on any atom is 0.131 e. The Morgan fingerprint density at radius 3 is 2.24 bits per heavy atom. The highest BCUT2D eigenvalue weighted by Gasteiger charge is 2.08. The predicted molar refractivity (Wildman–Crippen MR) is 64.4 cm³/mol. The highest BCUT2D eigenvalue weighted by atomic mass is 19.1. The Balaban J connectivity index is 2.50. The number of halogens is 2. The molecule has 1 nitrogen and oxygen atoms in total. The van der Waals surface area contributed by atoms with Crippen molar-refractivity contribution in [1.82, 2.24) is 0 Å². The molecule has 0 fully saturated rings. The summed E-state index contributed by atoms with van der Waals surface area (Å²) in [7, 11) is 0. The molecule has 0 aliphatic carbocycles. The van der Waals surface area contributed by atoms with Crippen LogP contribution in [0.4, 0.5) is 8.78 Å². The Morgan fingerprint density at radius 2 is 1.65 bits per heavy atom. The van der Waals surface area contributed by atoms with Crippen molar-refractivity contribution in [3.8, 4) is 11.1 Å². The summed E-state index contributed by atoms with van der Waals surface area (Å²) in [6, 6.07) is 10.3. The van der Waals surface area contributed by atoms with Crippen molar-refractivity contribution >= 4 is 0 Å². The summed E-state index contributed by atoms with van der Waals surface area (Å²) in [6.07, 6.45) is 0. The standard InChI is InChI=1S/C14H13F2N/c1-9(17)11-4-7-14(16)13(8-11)10-2-5-12(15)6-3-10/h2-9H,17H2,1H3. The third-order valence-electron chi connectivity index (χ3n) is 2.67. The third-order valence-corrected chi connectivity index (χ3v) is 2.67. The lowest BCUT2D eigenvalue weighted by Gasteiger charge is -2.09. The van der Waals surface area contributed by atoms with Crippen molar-refractivity contribution < 1.29 is 8.78 Å². The minimum Gasteiger partial charge on any atom is -0.324 e. The van der Waals surface area contributed by atoms with Gasteiger partial charge in [-0.2, -0.15) is 0 Å². The molecule has 0 aliphatic rings. The lowest BCUT2D eigenvalue weighted by molar-refractivity contribution is 0.625. The van der Waals surface area contributed by atoms with Gasteiger partial charge in [-0.15, -0.1) is 0 Å². The van der Waals surface area contributed by atoms with Crippen LogP contribution in [0, 0.1) is 11.6 Å². The topological polar surface area (TPSA) is 26.0 Å². The lowest BCUT2D eigenvalue weighted by Crippen LogP contribution is -2.05. The SMILES string of the molecule is CC(N)c1ccc(F)c(-c2ccc(F)cc2)c1. The molecule has 2 aromatic rings. The molecule has 17 heavy (non-hydrogen) atoms. The molecule has 0 saturated heterocycles. The van der Waals surface area contributed by atoms with Crippen LogP contribution < -0.4 is 5.73 Å². The van der Waals surface area contributed by atoms with Crippen LogP contribution in [0.2, 0.25) is 0 Å². The number of benzene rings is 2. The number of rotatable bonds is 2. The van der Waals surface area contributed by atoms with Gasteiger partial charge in [0.15, 0.2) is 0 Å². The summed E-state index contributed by atoms with van der Waals surface area (Å²) >= 11 is 0. The van der Waals surface area contributed by atoms with Crippen LogP contribution in [-0.4, -0.2) is 0 Å². The fraction of sp³-hybridized carbons (Fsp3) is 0.143. The van der Waals surface area contributed by atoms with E-state index in [-0.39, 0.29) is 17.7 Å². The van der Waals surface area contributed by atoms with E-state index in [1.54, 1.807) is 24.3 Å². The highest BCUT2D eigenvalue weighted by molar-refractivity contribution is 5.65. The van der Waals surface area contributed by atoms with E-state index in [1.165, 1.54) is 18.2 Å². The maximum absolute atomic E-state index is 13.7. The first kappa shape index (κ1) is 11.7. The zero-order chi connectivity index (χ0) is 12.4. The molecule has 0 bridgehead atoms. The van der Waals surface area contributed by atoms with Crippen LogP contribution in [0.1, 0.15) is 18.5 Å². The smallest absolute Gasteiger partial charge is 0.131 e. The first-order valence-electron chi connectivity index (χ1n) is 5.39. The Labute approximate surface area is 98.9 Å². The Kier molecular flexibility index (Phi) is 3.20. The van der Waals surface area contributed by atoms with E-state index in [0.717, 1.165) is 5.56 Å². The van der Waals surface area contributed by atoms with Gasteiger partial charge in [-0.1, -0.05) is 18.2 Å². The predicted octanol–water partition coefficient (Wildman–Crippen LogP) is 3.65.